The minimum Gasteiger partial charge on any atom is -0.394 e. The fourth-order valence-corrected chi connectivity index (χ4v) is 10.3. The van der Waals surface area contributed by atoms with E-state index in [1.165, 1.54) is 38.5 Å². The summed E-state index contributed by atoms with van der Waals surface area (Å²) in [6.45, 7) is 14.1. The van der Waals surface area contributed by atoms with Crippen LogP contribution in [0.4, 0.5) is 0 Å². The standard InChI is InChI=1S/C35H58O6/c1-7-22(20(2)3)9-8-21(4)26-12-13-27-25-11-10-23-18-24(14-16-34(23,5)28(25)15-17-35(26,27)6)40-33-32(39)31(38)30(37)29(19-36)41-33/h7,11,20-21,23-24,26-33,36-39H,8-10,12-19H2,1-6H3/b22-7-/t21?,23-,24-,26+,27-,28-,29+,30+,31-,32+,33+,34-,35+/m0/s1. The van der Waals surface area contributed by atoms with Crippen molar-refractivity contribution in [3.63, 3.8) is 0 Å². The van der Waals surface area contributed by atoms with E-state index in [1.807, 2.05) is 0 Å². The number of ether oxygens (including phenoxy) is 2. The number of aliphatic hydroxyl groups is 4. The first-order valence-corrected chi connectivity index (χ1v) is 16.8. The van der Waals surface area contributed by atoms with Gasteiger partial charge in [0.05, 0.1) is 12.7 Å². The average molecular weight is 575 g/mol. The first-order chi connectivity index (χ1) is 19.4. The SMILES string of the molecule is C/C=C(/CCC(C)[C@H]1CC[C@H]2C3=CC[C@H]4C[C@@H](O[C@@H]5O[C@H](CO)[C@@H](O)[C@H](O)[C@H]5O)CC[C@]4(C)[C@H]3CC[C@]12C)C(C)C. The summed E-state index contributed by atoms with van der Waals surface area (Å²) in [5.74, 6) is 4.12. The summed E-state index contributed by atoms with van der Waals surface area (Å²) in [7, 11) is 0. The summed E-state index contributed by atoms with van der Waals surface area (Å²) in [6, 6.07) is 0. The molecule has 0 aromatic rings. The van der Waals surface area contributed by atoms with Crippen LogP contribution in [0.2, 0.25) is 0 Å². The molecule has 0 amide bonds. The summed E-state index contributed by atoms with van der Waals surface area (Å²) in [5, 5.41) is 40.4. The molecule has 6 heteroatoms. The van der Waals surface area contributed by atoms with Crippen LogP contribution >= 0.6 is 0 Å². The molecular weight excluding hydrogens is 516 g/mol. The third-order valence-electron chi connectivity index (χ3n) is 13.0. The summed E-state index contributed by atoms with van der Waals surface area (Å²) < 4.78 is 11.9. The normalized spacial score (nSPS) is 47.4. The molecule has 5 rings (SSSR count). The van der Waals surface area contributed by atoms with Crippen molar-refractivity contribution >= 4 is 0 Å². The summed E-state index contributed by atoms with van der Waals surface area (Å²) in [6.07, 6.45) is 10.7. The van der Waals surface area contributed by atoms with Gasteiger partial charge in [0.15, 0.2) is 6.29 Å². The predicted octanol–water partition coefficient (Wildman–Crippen LogP) is 5.77. The molecule has 4 aliphatic carbocycles. The van der Waals surface area contributed by atoms with Crippen molar-refractivity contribution in [2.24, 2.45) is 46.3 Å². The highest BCUT2D eigenvalue weighted by molar-refractivity contribution is 5.28. The van der Waals surface area contributed by atoms with Crippen molar-refractivity contribution in [3.05, 3.63) is 23.3 Å². The van der Waals surface area contributed by atoms with Gasteiger partial charge in [-0.25, -0.2) is 0 Å². The van der Waals surface area contributed by atoms with Crippen molar-refractivity contribution in [3.8, 4) is 0 Å². The third kappa shape index (κ3) is 5.64. The lowest BCUT2D eigenvalue weighted by Gasteiger charge is -2.58. The van der Waals surface area contributed by atoms with Crippen LogP contribution in [0.15, 0.2) is 23.3 Å². The summed E-state index contributed by atoms with van der Waals surface area (Å²) >= 11 is 0. The van der Waals surface area contributed by atoms with Crippen molar-refractivity contribution in [1.29, 1.82) is 0 Å². The van der Waals surface area contributed by atoms with Gasteiger partial charge in [0.25, 0.3) is 0 Å². The molecule has 0 radical (unpaired) electrons. The summed E-state index contributed by atoms with van der Waals surface area (Å²) in [5.41, 5.74) is 4.07. The molecule has 6 nitrogen and oxygen atoms in total. The fourth-order valence-electron chi connectivity index (χ4n) is 10.3. The number of aliphatic hydroxyl groups excluding tert-OH is 4. The van der Waals surface area contributed by atoms with E-state index in [1.54, 1.807) is 11.1 Å². The van der Waals surface area contributed by atoms with E-state index in [0.717, 1.165) is 43.4 Å². The van der Waals surface area contributed by atoms with Crippen molar-refractivity contribution in [2.45, 2.75) is 143 Å². The zero-order chi connectivity index (χ0) is 29.7. The zero-order valence-corrected chi connectivity index (χ0v) is 26.5. The highest BCUT2D eigenvalue weighted by Crippen LogP contribution is 2.67. The van der Waals surface area contributed by atoms with Crippen molar-refractivity contribution < 1.29 is 29.9 Å². The number of rotatable bonds is 8. The molecule has 4 fully saturated rings. The molecule has 0 aromatic carbocycles. The van der Waals surface area contributed by atoms with Gasteiger partial charge in [0, 0.05) is 0 Å². The van der Waals surface area contributed by atoms with Gasteiger partial charge in [-0.1, -0.05) is 57.9 Å². The molecule has 234 valence electrons. The maximum Gasteiger partial charge on any atom is 0.186 e. The molecule has 3 saturated carbocycles. The van der Waals surface area contributed by atoms with Gasteiger partial charge in [0.1, 0.15) is 24.4 Å². The largest absolute Gasteiger partial charge is 0.394 e. The van der Waals surface area contributed by atoms with Crippen LogP contribution in [-0.2, 0) is 9.47 Å². The Morgan fingerprint density at radius 3 is 2.39 bits per heavy atom. The Bertz CT molecular complexity index is 974. The number of hydrogen-bond donors (Lipinski definition) is 4. The Morgan fingerprint density at radius 2 is 1.71 bits per heavy atom. The first kappa shape index (κ1) is 31.7. The molecular formula is C35H58O6. The zero-order valence-electron chi connectivity index (χ0n) is 26.5. The molecule has 1 aliphatic heterocycles. The van der Waals surface area contributed by atoms with Gasteiger partial charge in [-0.15, -0.1) is 0 Å². The van der Waals surface area contributed by atoms with Gasteiger partial charge in [-0.3, -0.25) is 0 Å². The average Bonchev–Trinajstić information content (AvgIpc) is 3.30. The van der Waals surface area contributed by atoms with Crippen molar-refractivity contribution in [2.75, 3.05) is 6.61 Å². The van der Waals surface area contributed by atoms with Crippen LogP contribution in [0.3, 0.4) is 0 Å². The highest BCUT2D eigenvalue weighted by atomic mass is 16.7. The minimum absolute atomic E-state index is 0.0667. The third-order valence-corrected chi connectivity index (χ3v) is 13.0. The minimum atomic E-state index is -1.39. The maximum absolute atomic E-state index is 10.5. The van der Waals surface area contributed by atoms with E-state index in [-0.39, 0.29) is 11.5 Å². The molecule has 13 atom stereocenters. The molecule has 0 bridgehead atoms. The quantitative estimate of drug-likeness (QED) is 0.275. The van der Waals surface area contributed by atoms with Crippen molar-refractivity contribution in [1.82, 2.24) is 0 Å². The maximum atomic E-state index is 10.5. The van der Waals surface area contributed by atoms with Crippen LogP contribution < -0.4 is 0 Å². The Morgan fingerprint density at radius 1 is 1.00 bits per heavy atom. The lowest BCUT2D eigenvalue weighted by atomic mass is 9.47. The predicted molar refractivity (Wildman–Crippen MR) is 161 cm³/mol. The van der Waals surface area contributed by atoms with E-state index in [9.17, 15) is 20.4 Å². The first-order valence-electron chi connectivity index (χ1n) is 16.8. The van der Waals surface area contributed by atoms with Crippen LogP contribution in [0.5, 0.6) is 0 Å². The molecule has 4 N–H and O–H groups in total. The topological polar surface area (TPSA) is 99.4 Å². The van der Waals surface area contributed by atoms with Crippen LogP contribution in [0, 0.1) is 46.3 Å². The van der Waals surface area contributed by atoms with Gasteiger partial charge in [-0.05, 0) is 117 Å². The molecule has 5 aliphatic rings. The molecule has 0 spiro atoms. The highest BCUT2D eigenvalue weighted by Gasteiger charge is 2.58. The lowest BCUT2D eigenvalue weighted by Crippen LogP contribution is -2.60. The molecule has 1 unspecified atom stereocenters. The second kappa shape index (κ2) is 12.3. The number of hydrogen-bond acceptors (Lipinski definition) is 6. The molecule has 1 saturated heterocycles. The van der Waals surface area contributed by atoms with Gasteiger partial charge < -0.3 is 29.9 Å². The van der Waals surface area contributed by atoms with Gasteiger partial charge >= 0.3 is 0 Å². The van der Waals surface area contributed by atoms with Crippen LogP contribution in [-0.4, -0.2) is 63.8 Å². The summed E-state index contributed by atoms with van der Waals surface area (Å²) in [4.78, 5) is 0. The van der Waals surface area contributed by atoms with E-state index < -0.39 is 37.3 Å². The Balaban J connectivity index is 1.24. The second-order valence-corrected chi connectivity index (χ2v) is 15.2. The van der Waals surface area contributed by atoms with E-state index >= 15 is 0 Å². The van der Waals surface area contributed by atoms with E-state index in [2.05, 4.69) is 53.7 Å². The molecule has 1 heterocycles. The van der Waals surface area contributed by atoms with E-state index in [0.29, 0.717) is 23.2 Å². The Hall–Kier alpha value is -0.760. The van der Waals surface area contributed by atoms with E-state index in [4.69, 9.17) is 9.47 Å². The Labute approximate surface area is 248 Å². The van der Waals surface area contributed by atoms with Crippen LogP contribution in [0.25, 0.3) is 0 Å². The van der Waals surface area contributed by atoms with Gasteiger partial charge in [-0.2, -0.15) is 0 Å². The molecule has 41 heavy (non-hydrogen) atoms. The lowest BCUT2D eigenvalue weighted by molar-refractivity contribution is -0.315. The fraction of sp³-hybridized carbons (Fsp3) is 0.886. The van der Waals surface area contributed by atoms with Gasteiger partial charge in [0.2, 0.25) is 0 Å². The monoisotopic (exact) mass is 574 g/mol. The number of fused-ring (bicyclic) bond motifs is 5. The Kier molecular flexibility index (Phi) is 9.51. The smallest absolute Gasteiger partial charge is 0.186 e. The second-order valence-electron chi connectivity index (χ2n) is 15.2. The number of allylic oxidation sites excluding steroid dienone is 4. The van der Waals surface area contributed by atoms with Crippen LogP contribution in [0.1, 0.15) is 106 Å². The molecule has 0 aromatic heterocycles.